The van der Waals surface area contributed by atoms with Crippen LogP contribution in [0.25, 0.3) is 11.0 Å². The molecule has 0 unspecified atom stereocenters. The van der Waals surface area contributed by atoms with Crippen molar-refractivity contribution in [1.29, 1.82) is 0 Å². The average molecular weight is 629 g/mol. The fourth-order valence-electron chi connectivity index (χ4n) is 5.85. The number of ether oxygens (including phenoxy) is 2. The van der Waals surface area contributed by atoms with Gasteiger partial charge in [0, 0.05) is 17.6 Å². The van der Waals surface area contributed by atoms with Crippen molar-refractivity contribution >= 4 is 40.2 Å². The highest BCUT2D eigenvalue weighted by Gasteiger charge is 2.29. The molecule has 0 bridgehead atoms. The molecule has 0 atom stereocenters. The van der Waals surface area contributed by atoms with Gasteiger partial charge in [-0.25, -0.2) is 14.2 Å². The summed E-state index contributed by atoms with van der Waals surface area (Å²) >= 11 is 5.90. The third-order valence-corrected chi connectivity index (χ3v) is 8.44. The maximum Gasteiger partial charge on any atom is 0.387 e. The van der Waals surface area contributed by atoms with Gasteiger partial charge < -0.3 is 24.0 Å². The largest absolute Gasteiger partial charge is 0.482 e. The number of rotatable bonds is 8. The Morgan fingerprint density at radius 1 is 1.14 bits per heavy atom. The van der Waals surface area contributed by atoms with Crippen LogP contribution >= 0.6 is 11.6 Å². The number of hydrogen-bond donors (Lipinski definition) is 1. The molecule has 2 aliphatic heterocycles. The number of likely N-dealkylation sites (tertiary alicyclic amines) is 1. The van der Waals surface area contributed by atoms with Crippen molar-refractivity contribution in [1.82, 2.24) is 14.5 Å². The number of halogens is 4. The number of benzene rings is 3. The van der Waals surface area contributed by atoms with E-state index in [1.807, 2.05) is 18.2 Å². The van der Waals surface area contributed by atoms with E-state index >= 15 is 0 Å². The van der Waals surface area contributed by atoms with Crippen LogP contribution in [0.5, 0.6) is 11.5 Å². The number of carboxylic acid groups (broad SMARTS) is 1. The molecule has 1 amide bonds. The number of carbonyl (C=O) groups excluding carboxylic acids is 1. The molecule has 13 heteroatoms. The Balaban J connectivity index is 1.17. The minimum absolute atomic E-state index is 0.0517. The molecule has 0 aliphatic carbocycles. The number of carboxylic acids is 1. The number of nitrogens with zero attached hydrogens (tertiary/aromatic N) is 4. The first-order valence-electron chi connectivity index (χ1n) is 14.0. The molecule has 1 saturated heterocycles. The van der Waals surface area contributed by atoms with Gasteiger partial charge in [-0.2, -0.15) is 8.78 Å². The zero-order valence-corrected chi connectivity index (χ0v) is 24.4. The van der Waals surface area contributed by atoms with Crippen LogP contribution in [0.15, 0.2) is 48.5 Å². The molecule has 44 heavy (non-hydrogen) atoms. The number of hydrogen-bond acceptors (Lipinski definition) is 6. The van der Waals surface area contributed by atoms with E-state index in [-0.39, 0.29) is 46.8 Å². The van der Waals surface area contributed by atoms with Gasteiger partial charge in [0.05, 0.1) is 29.9 Å². The summed E-state index contributed by atoms with van der Waals surface area (Å²) in [5.41, 5.74) is 2.38. The van der Waals surface area contributed by atoms with E-state index in [4.69, 9.17) is 16.3 Å². The second-order valence-corrected chi connectivity index (χ2v) is 11.3. The number of fused-ring (bicyclic) bond motifs is 2. The zero-order valence-electron chi connectivity index (χ0n) is 23.6. The first-order valence-corrected chi connectivity index (χ1v) is 14.4. The lowest BCUT2D eigenvalue weighted by Crippen LogP contribution is -2.38. The molecule has 0 spiro atoms. The summed E-state index contributed by atoms with van der Waals surface area (Å²) in [6, 6.07) is 12.6. The van der Waals surface area contributed by atoms with Crippen molar-refractivity contribution in [2.24, 2.45) is 7.05 Å². The second-order valence-electron chi connectivity index (χ2n) is 10.9. The number of alkyl halides is 2. The SMILES string of the molecule is Cn1c(CN2CCC(c3ccc4c(c3)N(Cc3ccc(Cl)cc3F)C(=O)CO4)CC2)nc2c(OC(F)F)cc(C(=O)O)cc21. The Morgan fingerprint density at radius 3 is 2.61 bits per heavy atom. The minimum Gasteiger partial charge on any atom is -0.482 e. The van der Waals surface area contributed by atoms with Crippen LogP contribution in [0.4, 0.5) is 18.9 Å². The average Bonchev–Trinajstić information content (AvgIpc) is 3.30. The third-order valence-electron chi connectivity index (χ3n) is 8.20. The van der Waals surface area contributed by atoms with Crippen LogP contribution < -0.4 is 14.4 Å². The highest BCUT2D eigenvalue weighted by atomic mass is 35.5. The van der Waals surface area contributed by atoms with Gasteiger partial charge in [-0.15, -0.1) is 0 Å². The van der Waals surface area contributed by atoms with Crippen LogP contribution in [0.3, 0.4) is 0 Å². The minimum atomic E-state index is -3.12. The van der Waals surface area contributed by atoms with E-state index in [0.29, 0.717) is 34.9 Å². The monoisotopic (exact) mass is 628 g/mol. The number of imidazole rings is 1. The fraction of sp³-hybridized carbons (Fsp3) is 0.323. The van der Waals surface area contributed by atoms with Gasteiger partial charge in [0.1, 0.15) is 22.9 Å². The Bertz CT molecular complexity index is 1760. The summed E-state index contributed by atoms with van der Waals surface area (Å²) in [5.74, 6) is -0.931. The predicted octanol–water partition coefficient (Wildman–Crippen LogP) is 5.97. The molecule has 3 heterocycles. The van der Waals surface area contributed by atoms with Crippen molar-refractivity contribution in [2.75, 3.05) is 24.6 Å². The van der Waals surface area contributed by atoms with Gasteiger partial charge in [0.2, 0.25) is 0 Å². The number of amides is 1. The molecule has 4 aromatic rings. The molecule has 1 fully saturated rings. The van der Waals surface area contributed by atoms with Crippen molar-refractivity contribution in [3.8, 4) is 11.5 Å². The summed E-state index contributed by atoms with van der Waals surface area (Å²) in [7, 11) is 1.72. The quantitative estimate of drug-likeness (QED) is 0.257. The fourth-order valence-corrected chi connectivity index (χ4v) is 6.00. The molecule has 2 aliphatic rings. The van der Waals surface area contributed by atoms with Gasteiger partial charge in [-0.05, 0) is 73.8 Å². The normalized spacial score (nSPS) is 16.0. The van der Waals surface area contributed by atoms with E-state index in [2.05, 4.69) is 14.6 Å². The van der Waals surface area contributed by atoms with E-state index < -0.39 is 18.4 Å². The smallest absolute Gasteiger partial charge is 0.387 e. The number of piperidine rings is 1. The Morgan fingerprint density at radius 2 is 1.91 bits per heavy atom. The molecule has 0 saturated carbocycles. The van der Waals surface area contributed by atoms with Gasteiger partial charge in [-0.3, -0.25) is 9.69 Å². The van der Waals surface area contributed by atoms with Crippen molar-refractivity contribution < 1.29 is 37.3 Å². The van der Waals surface area contributed by atoms with Crippen LogP contribution in [-0.4, -0.2) is 57.7 Å². The first kappa shape index (κ1) is 29.8. The zero-order chi connectivity index (χ0) is 31.1. The number of aromatic carboxylic acids is 1. The van der Waals surface area contributed by atoms with Gasteiger partial charge in [0.15, 0.2) is 12.4 Å². The number of aryl methyl sites for hydroxylation is 1. The molecule has 9 nitrogen and oxygen atoms in total. The highest BCUT2D eigenvalue weighted by molar-refractivity contribution is 6.30. The molecule has 1 N–H and O–H groups in total. The maximum absolute atomic E-state index is 14.6. The third kappa shape index (κ3) is 5.91. The lowest BCUT2D eigenvalue weighted by molar-refractivity contribution is -0.121. The highest BCUT2D eigenvalue weighted by Crippen LogP contribution is 2.39. The van der Waals surface area contributed by atoms with Crippen molar-refractivity contribution in [2.45, 2.75) is 38.5 Å². The number of anilines is 1. The van der Waals surface area contributed by atoms with Crippen LogP contribution in [0, 0.1) is 5.82 Å². The number of carbonyl (C=O) groups is 2. The summed E-state index contributed by atoms with van der Waals surface area (Å²) < 4.78 is 52.6. The van der Waals surface area contributed by atoms with Gasteiger partial charge in [-0.1, -0.05) is 23.7 Å². The van der Waals surface area contributed by atoms with E-state index in [1.165, 1.54) is 17.0 Å². The number of aromatic nitrogens is 2. The Labute approximate surface area is 255 Å². The van der Waals surface area contributed by atoms with Crippen molar-refractivity contribution in [3.05, 3.63) is 81.9 Å². The summed E-state index contributed by atoms with van der Waals surface area (Å²) in [6.07, 6.45) is 1.62. The second kappa shape index (κ2) is 12.0. The predicted molar refractivity (Wildman–Crippen MR) is 156 cm³/mol. The van der Waals surface area contributed by atoms with Gasteiger partial charge >= 0.3 is 12.6 Å². The standard InChI is InChI=1S/C31H28ClF3N4O5/c1-37-24-11-20(30(41)42)12-26(44-31(34)35)29(24)36-27(37)15-38-8-6-17(7-9-38)18-3-5-25-23(10-18)39(28(40)16-43-25)14-19-2-4-21(32)13-22(19)33/h2-5,10-13,17,31H,6-9,14-16H2,1H3,(H,41,42). The van der Waals surface area contributed by atoms with Crippen LogP contribution in [-0.2, 0) is 24.9 Å². The summed E-state index contributed by atoms with van der Waals surface area (Å²) in [5, 5.41) is 9.71. The molecule has 1 aromatic heterocycles. The molecule has 0 radical (unpaired) electrons. The molecular formula is C31H28ClF3N4O5. The summed E-state index contributed by atoms with van der Waals surface area (Å²) in [4.78, 5) is 32.7. The van der Waals surface area contributed by atoms with E-state index in [0.717, 1.165) is 37.6 Å². The van der Waals surface area contributed by atoms with Crippen LogP contribution in [0.2, 0.25) is 5.02 Å². The molecule has 3 aromatic carbocycles. The maximum atomic E-state index is 14.6. The van der Waals surface area contributed by atoms with Crippen LogP contribution in [0.1, 0.15) is 46.1 Å². The molecular weight excluding hydrogens is 601 g/mol. The Kier molecular flexibility index (Phi) is 8.12. The molecule has 230 valence electrons. The lowest BCUT2D eigenvalue weighted by Gasteiger charge is -2.34. The van der Waals surface area contributed by atoms with Crippen molar-refractivity contribution in [3.63, 3.8) is 0 Å². The Hall–Kier alpha value is -4.29. The summed E-state index contributed by atoms with van der Waals surface area (Å²) in [6.45, 7) is -1.32. The van der Waals surface area contributed by atoms with E-state index in [1.54, 1.807) is 23.7 Å². The van der Waals surface area contributed by atoms with Gasteiger partial charge in [0.25, 0.3) is 5.91 Å². The first-order chi connectivity index (χ1) is 21.1. The molecule has 6 rings (SSSR count). The van der Waals surface area contributed by atoms with E-state index in [9.17, 15) is 27.9 Å². The lowest BCUT2D eigenvalue weighted by atomic mass is 9.88. The topological polar surface area (TPSA) is 97.1 Å².